The fraction of sp³-hybridized carbons (Fsp3) is 0.290. The van der Waals surface area contributed by atoms with Crippen LogP contribution in [-0.2, 0) is 9.59 Å². The van der Waals surface area contributed by atoms with E-state index in [-0.39, 0.29) is 0 Å². The minimum atomic E-state index is -1.09. The molecule has 0 saturated heterocycles. The smallest absolute Gasteiger partial charge is 0.304 e. The Morgan fingerprint density at radius 3 is 1.95 bits per heavy atom. The molecule has 3 rings (SSSR count). The van der Waals surface area contributed by atoms with E-state index in [1.165, 1.54) is 50.5 Å². The third kappa shape index (κ3) is 7.29. The molecular formula is C31H33FN2O5. The molecule has 1 atom stereocenters. The minimum absolute atomic E-state index is 0.301. The Kier molecular flexibility index (Phi) is 9.20. The predicted octanol–water partition coefficient (Wildman–Crippen LogP) is 5.20. The average Bonchev–Trinajstić information content (AvgIpc) is 2.89. The molecule has 1 N–H and O–H groups in total. The van der Waals surface area contributed by atoms with Crippen molar-refractivity contribution in [1.29, 1.82) is 0 Å². The lowest BCUT2D eigenvalue weighted by Crippen LogP contribution is -2.49. The van der Waals surface area contributed by atoms with Gasteiger partial charge in [0.05, 0.1) is 27.0 Å². The molecule has 2 amide bonds. The minimum Gasteiger partial charge on any atom is -0.493 e. The zero-order valence-corrected chi connectivity index (χ0v) is 23.2. The van der Waals surface area contributed by atoms with Crippen LogP contribution in [0.2, 0.25) is 0 Å². The molecule has 1 unspecified atom stereocenters. The quantitative estimate of drug-likeness (QED) is 0.424. The third-order valence-electron chi connectivity index (χ3n) is 5.70. The lowest BCUT2D eigenvalue weighted by Gasteiger charge is -2.33. The van der Waals surface area contributed by atoms with Crippen LogP contribution in [0, 0.1) is 24.6 Å². The summed E-state index contributed by atoms with van der Waals surface area (Å²) in [5.41, 5.74) is 1.74. The van der Waals surface area contributed by atoms with Crippen molar-refractivity contribution in [2.45, 2.75) is 39.3 Å². The second-order valence-electron chi connectivity index (χ2n) is 9.87. The molecule has 0 radical (unpaired) electrons. The van der Waals surface area contributed by atoms with E-state index in [2.05, 4.69) is 17.2 Å². The lowest BCUT2D eigenvalue weighted by atomic mass is 9.99. The molecule has 0 bridgehead atoms. The monoisotopic (exact) mass is 532 g/mol. The Morgan fingerprint density at radius 1 is 0.897 bits per heavy atom. The van der Waals surface area contributed by atoms with Crippen LogP contribution in [-0.4, -0.2) is 38.7 Å². The first-order valence-corrected chi connectivity index (χ1v) is 12.3. The molecular weight excluding hydrogens is 499 g/mol. The number of rotatable bonds is 7. The summed E-state index contributed by atoms with van der Waals surface area (Å²) in [6.07, 6.45) is 0. The number of carbonyl (C=O) groups is 2. The second-order valence-corrected chi connectivity index (χ2v) is 9.87. The third-order valence-corrected chi connectivity index (χ3v) is 5.70. The summed E-state index contributed by atoms with van der Waals surface area (Å²) in [6.45, 7) is 7.51. The van der Waals surface area contributed by atoms with Gasteiger partial charge in [-0.2, -0.15) is 0 Å². The van der Waals surface area contributed by atoms with Crippen molar-refractivity contribution < 1.29 is 28.2 Å². The van der Waals surface area contributed by atoms with Crippen LogP contribution in [0.25, 0.3) is 0 Å². The standard InChI is InChI=1S/C31H33FN2O5/c1-20-8-13-22(14-9-20)28(30(36)33-31(2,3)4)34(27(35)17-12-21-10-15-23(32)16-11-21)24-18-25(37-5)29(39-7)26(19-24)38-6/h8-11,13-16,18-19,28H,1-7H3,(H,33,36). The predicted molar refractivity (Wildman–Crippen MR) is 149 cm³/mol. The van der Waals surface area contributed by atoms with Crippen LogP contribution < -0.4 is 24.4 Å². The van der Waals surface area contributed by atoms with Crippen LogP contribution >= 0.6 is 0 Å². The van der Waals surface area contributed by atoms with E-state index in [0.29, 0.717) is 34.1 Å². The highest BCUT2D eigenvalue weighted by molar-refractivity contribution is 6.10. The second kappa shape index (κ2) is 12.4. The summed E-state index contributed by atoms with van der Waals surface area (Å²) in [4.78, 5) is 29.0. The van der Waals surface area contributed by atoms with Crippen molar-refractivity contribution in [3.05, 3.63) is 83.2 Å². The molecule has 0 aliphatic rings. The fourth-order valence-corrected chi connectivity index (χ4v) is 3.91. The van der Waals surface area contributed by atoms with Crippen molar-refractivity contribution >= 4 is 17.5 Å². The molecule has 39 heavy (non-hydrogen) atoms. The number of carbonyl (C=O) groups excluding carboxylic acids is 2. The summed E-state index contributed by atoms with van der Waals surface area (Å²) in [7, 11) is 4.40. The zero-order valence-electron chi connectivity index (χ0n) is 23.2. The van der Waals surface area contributed by atoms with Gasteiger partial charge in [0, 0.05) is 29.2 Å². The number of hydrogen-bond acceptors (Lipinski definition) is 5. The number of methoxy groups -OCH3 is 3. The summed E-state index contributed by atoms with van der Waals surface area (Å²) in [5.74, 6) is 4.85. The molecule has 8 heteroatoms. The molecule has 0 saturated carbocycles. The Hall–Kier alpha value is -4.51. The Balaban J connectivity index is 2.27. The molecule has 7 nitrogen and oxygen atoms in total. The van der Waals surface area contributed by atoms with Gasteiger partial charge in [0.1, 0.15) is 11.9 Å². The Morgan fingerprint density at radius 2 is 1.46 bits per heavy atom. The SMILES string of the molecule is COc1cc(N(C(=O)C#Cc2ccc(F)cc2)C(C(=O)NC(C)(C)C)c2ccc(C)cc2)cc(OC)c1OC. The van der Waals surface area contributed by atoms with Gasteiger partial charge < -0.3 is 19.5 Å². The Bertz CT molecular complexity index is 1360. The number of aryl methyl sites for hydroxylation is 1. The largest absolute Gasteiger partial charge is 0.493 e. The average molecular weight is 533 g/mol. The van der Waals surface area contributed by atoms with E-state index in [4.69, 9.17) is 14.2 Å². The first kappa shape index (κ1) is 29.1. The van der Waals surface area contributed by atoms with Crippen molar-refractivity contribution in [2.24, 2.45) is 0 Å². The highest BCUT2D eigenvalue weighted by atomic mass is 19.1. The number of hydrogen-bond donors (Lipinski definition) is 1. The van der Waals surface area contributed by atoms with E-state index in [1.54, 1.807) is 24.3 Å². The Labute approximate surface area is 228 Å². The molecule has 0 spiro atoms. The molecule has 0 fully saturated rings. The van der Waals surface area contributed by atoms with Gasteiger partial charge in [-0.25, -0.2) is 4.39 Å². The molecule has 0 aliphatic carbocycles. The normalized spacial score (nSPS) is 11.5. The van der Waals surface area contributed by atoms with Crippen molar-refractivity contribution in [3.63, 3.8) is 0 Å². The van der Waals surface area contributed by atoms with E-state index >= 15 is 0 Å². The van der Waals surface area contributed by atoms with Crippen LogP contribution in [0.4, 0.5) is 10.1 Å². The van der Waals surface area contributed by atoms with Gasteiger partial charge in [0.15, 0.2) is 11.5 Å². The van der Waals surface area contributed by atoms with Crippen LogP contribution in [0.1, 0.15) is 43.5 Å². The highest BCUT2D eigenvalue weighted by Crippen LogP contribution is 2.43. The number of benzene rings is 3. The van der Waals surface area contributed by atoms with E-state index < -0.39 is 29.2 Å². The number of anilines is 1. The lowest BCUT2D eigenvalue weighted by molar-refractivity contribution is -0.126. The van der Waals surface area contributed by atoms with Crippen molar-refractivity contribution in [3.8, 4) is 29.1 Å². The fourth-order valence-electron chi connectivity index (χ4n) is 3.91. The van der Waals surface area contributed by atoms with Gasteiger partial charge in [-0.3, -0.25) is 14.5 Å². The van der Waals surface area contributed by atoms with Gasteiger partial charge >= 0.3 is 5.91 Å². The van der Waals surface area contributed by atoms with E-state index in [0.717, 1.165) is 5.56 Å². The summed E-state index contributed by atoms with van der Waals surface area (Å²) in [5, 5.41) is 2.99. The van der Waals surface area contributed by atoms with Crippen molar-refractivity contribution in [1.82, 2.24) is 5.32 Å². The maximum atomic E-state index is 13.9. The number of halogens is 1. The van der Waals surface area contributed by atoms with Gasteiger partial charge in [-0.1, -0.05) is 35.7 Å². The topological polar surface area (TPSA) is 77.1 Å². The molecule has 3 aromatic rings. The maximum absolute atomic E-state index is 13.9. The van der Waals surface area contributed by atoms with E-state index in [1.807, 2.05) is 39.8 Å². The molecule has 204 valence electrons. The first-order valence-electron chi connectivity index (χ1n) is 12.3. The summed E-state index contributed by atoms with van der Waals surface area (Å²) < 4.78 is 29.9. The van der Waals surface area contributed by atoms with Gasteiger partial charge in [-0.05, 0) is 57.5 Å². The van der Waals surface area contributed by atoms with Crippen LogP contribution in [0.3, 0.4) is 0 Å². The maximum Gasteiger partial charge on any atom is 0.304 e. The number of ether oxygens (including phenoxy) is 3. The molecule has 0 aromatic heterocycles. The first-order chi connectivity index (χ1) is 18.5. The van der Waals surface area contributed by atoms with Gasteiger partial charge in [-0.15, -0.1) is 0 Å². The van der Waals surface area contributed by atoms with Gasteiger partial charge in [0.25, 0.3) is 0 Å². The van der Waals surface area contributed by atoms with Crippen LogP contribution in [0.5, 0.6) is 17.2 Å². The number of nitrogens with one attached hydrogen (secondary N) is 1. The number of amides is 2. The summed E-state index contributed by atoms with van der Waals surface area (Å²) in [6, 6.07) is 14.9. The zero-order chi connectivity index (χ0) is 28.7. The molecule has 3 aromatic carbocycles. The summed E-state index contributed by atoms with van der Waals surface area (Å²) >= 11 is 0. The highest BCUT2D eigenvalue weighted by Gasteiger charge is 2.35. The molecule has 0 aliphatic heterocycles. The van der Waals surface area contributed by atoms with Crippen molar-refractivity contribution in [2.75, 3.05) is 26.2 Å². The van der Waals surface area contributed by atoms with E-state index in [9.17, 15) is 14.0 Å². The number of nitrogens with zero attached hydrogens (tertiary/aromatic N) is 1. The molecule has 0 heterocycles. The van der Waals surface area contributed by atoms with Gasteiger partial charge in [0.2, 0.25) is 11.7 Å². The van der Waals surface area contributed by atoms with Crippen LogP contribution in [0.15, 0.2) is 60.7 Å².